The van der Waals surface area contributed by atoms with E-state index in [0.29, 0.717) is 22.9 Å². The van der Waals surface area contributed by atoms with E-state index >= 15 is 0 Å². The molecule has 1 aliphatic heterocycles. The molecule has 1 spiro atoms. The molecule has 0 aromatic heterocycles. The zero-order valence-electron chi connectivity index (χ0n) is 21.8. The van der Waals surface area contributed by atoms with Crippen LogP contribution in [0.1, 0.15) is 54.4 Å². The smallest absolute Gasteiger partial charge is 0.371 e. The normalized spacial score (nSPS) is 21.8. The molecule has 10 heteroatoms. The summed E-state index contributed by atoms with van der Waals surface area (Å²) in [5.74, 6) is -1.19. The number of anilines is 1. The Morgan fingerprint density at radius 2 is 1.79 bits per heavy atom. The first kappa shape index (κ1) is 27.8. The summed E-state index contributed by atoms with van der Waals surface area (Å²) >= 11 is 6.43. The molecule has 2 N–H and O–H groups in total. The van der Waals surface area contributed by atoms with Gasteiger partial charge in [0.1, 0.15) is 0 Å². The summed E-state index contributed by atoms with van der Waals surface area (Å²) in [5.41, 5.74) is -2.49. The minimum atomic E-state index is -5.14. The SMILES string of the molecule is CN(CCC1CC12CCN(c1ccc(C(=O)NC3CC3)c(Cl)c1)CC2)C(=O)[C@](O)(c1ccccc1)C(F)(F)F. The van der Waals surface area contributed by atoms with E-state index in [1.807, 2.05) is 12.1 Å². The maximum Gasteiger partial charge on any atom is 0.430 e. The van der Waals surface area contributed by atoms with Crippen LogP contribution in [0.4, 0.5) is 18.9 Å². The Balaban J connectivity index is 1.14. The summed E-state index contributed by atoms with van der Waals surface area (Å²) in [6.45, 7) is 1.77. The van der Waals surface area contributed by atoms with Gasteiger partial charge in [0.25, 0.3) is 17.4 Å². The third-order valence-electron chi connectivity index (χ3n) is 8.66. The highest BCUT2D eigenvalue weighted by molar-refractivity contribution is 6.34. The van der Waals surface area contributed by atoms with Crippen LogP contribution in [0, 0.1) is 11.3 Å². The van der Waals surface area contributed by atoms with Crippen LogP contribution in [-0.2, 0) is 10.4 Å². The molecule has 2 saturated carbocycles. The van der Waals surface area contributed by atoms with Crippen LogP contribution in [0.25, 0.3) is 0 Å². The van der Waals surface area contributed by atoms with E-state index in [1.165, 1.54) is 25.2 Å². The fourth-order valence-electron chi connectivity index (χ4n) is 5.85. The number of nitrogens with one attached hydrogen (secondary N) is 1. The van der Waals surface area contributed by atoms with Crippen LogP contribution in [0.2, 0.25) is 5.02 Å². The number of carbonyl (C=O) groups is 2. The van der Waals surface area contributed by atoms with Gasteiger partial charge < -0.3 is 20.2 Å². The van der Waals surface area contributed by atoms with Crippen molar-refractivity contribution >= 4 is 29.1 Å². The maximum absolute atomic E-state index is 13.9. The standard InChI is InChI=1S/C29H33ClF3N3O3/c1-35(26(38)28(39,29(31,32)33)19-5-3-2-4-6-19)14-11-20-18-27(20)12-15-36(16-13-27)22-9-10-23(24(30)17-22)25(37)34-21-7-8-21/h2-6,9-10,17,20-21,39H,7-8,11-16,18H2,1H3,(H,34,37)/t20?,28-/m1/s1. The average Bonchev–Trinajstić information content (AvgIpc) is 3.84. The van der Waals surface area contributed by atoms with E-state index < -0.39 is 23.2 Å². The van der Waals surface area contributed by atoms with E-state index in [2.05, 4.69) is 10.2 Å². The Bertz CT molecular complexity index is 1230. The van der Waals surface area contributed by atoms with Gasteiger partial charge in [0.05, 0.1) is 10.6 Å². The van der Waals surface area contributed by atoms with Gasteiger partial charge in [-0.05, 0) is 68.1 Å². The zero-order chi connectivity index (χ0) is 28.0. The van der Waals surface area contributed by atoms with Crippen LogP contribution in [0.3, 0.4) is 0 Å². The molecular weight excluding hydrogens is 531 g/mol. The van der Waals surface area contributed by atoms with Gasteiger partial charge in [-0.3, -0.25) is 9.59 Å². The van der Waals surface area contributed by atoms with Crippen molar-refractivity contribution in [1.29, 1.82) is 0 Å². The Morgan fingerprint density at radius 3 is 2.38 bits per heavy atom. The number of benzene rings is 2. The number of rotatable bonds is 8. The highest BCUT2D eigenvalue weighted by atomic mass is 35.5. The summed E-state index contributed by atoms with van der Waals surface area (Å²) in [6.07, 6.45) is 0.311. The highest BCUT2D eigenvalue weighted by Crippen LogP contribution is 2.61. The maximum atomic E-state index is 13.9. The van der Waals surface area contributed by atoms with E-state index in [9.17, 15) is 27.9 Å². The largest absolute Gasteiger partial charge is 0.430 e. The topological polar surface area (TPSA) is 72.9 Å². The van der Waals surface area contributed by atoms with Gasteiger partial charge in [-0.2, -0.15) is 13.2 Å². The third-order valence-corrected chi connectivity index (χ3v) is 8.98. The van der Waals surface area contributed by atoms with Gasteiger partial charge in [0, 0.05) is 44.0 Å². The van der Waals surface area contributed by atoms with Crippen molar-refractivity contribution in [1.82, 2.24) is 10.2 Å². The molecule has 2 atom stereocenters. The molecule has 39 heavy (non-hydrogen) atoms. The number of alkyl halides is 3. The van der Waals surface area contributed by atoms with Crippen LogP contribution in [0.5, 0.6) is 0 Å². The van der Waals surface area contributed by atoms with Crippen molar-refractivity contribution in [3.63, 3.8) is 0 Å². The molecule has 1 saturated heterocycles. The van der Waals surface area contributed by atoms with Gasteiger partial charge >= 0.3 is 6.18 Å². The number of amides is 2. The van der Waals surface area contributed by atoms with Crippen molar-refractivity contribution in [3.8, 4) is 0 Å². The molecule has 5 rings (SSSR count). The summed E-state index contributed by atoms with van der Waals surface area (Å²) in [5, 5.41) is 14.0. The van der Waals surface area contributed by atoms with Gasteiger partial charge in [0.2, 0.25) is 0 Å². The van der Waals surface area contributed by atoms with Crippen molar-refractivity contribution in [2.24, 2.45) is 11.3 Å². The lowest BCUT2D eigenvalue weighted by atomic mass is 9.89. The Kier molecular flexibility index (Phi) is 7.35. The molecule has 6 nitrogen and oxygen atoms in total. The first-order chi connectivity index (χ1) is 18.4. The zero-order valence-corrected chi connectivity index (χ0v) is 22.6. The van der Waals surface area contributed by atoms with Crippen LogP contribution in [-0.4, -0.2) is 60.7 Å². The molecule has 2 aliphatic carbocycles. The number of aliphatic hydroxyl groups is 1. The Morgan fingerprint density at radius 1 is 1.13 bits per heavy atom. The molecule has 1 heterocycles. The third kappa shape index (κ3) is 5.48. The molecule has 2 amide bonds. The molecule has 1 unspecified atom stereocenters. The molecule has 210 valence electrons. The summed E-state index contributed by atoms with van der Waals surface area (Å²) in [7, 11) is 1.32. The summed E-state index contributed by atoms with van der Waals surface area (Å²) in [4.78, 5) is 28.5. The van der Waals surface area contributed by atoms with Crippen LogP contribution in [0.15, 0.2) is 48.5 Å². The summed E-state index contributed by atoms with van der Waals surface area (Å²) in [6, 6.07) is 12.3. The van der Waals surface area contributed by atoms with Crippen molar-refractivity contribution in [2.45, 2.75) is 56.3 Å². The minimum absolute atomic E-state index is 0.133. The number of piperidine rings is 1. The van der Waals surface area contributed by atoms with Crippen LogP contribution >= 0.6 is 11.6 Å². The molecule has 3 aliphatic rings. The number of hydrogen-bond acceptors (Lipinski definition) is 4. The quantitative estimate of drug-likeness (QED) is 0.467. The lowest BCUT2D eigenvalue weighted by molar-refractivity contribution is -0.261. The molecule has 3 fully saturated rings. The monoisotopic (exact) mass is 563 g/mol. The van der Waals surface area contributed by atoms with Crippen molar-refractivity contribution in [3.05, 3.63) is 64.7 Å². The highest BCUT2D eigenvalue weighted by Gasteiger charge is 2.62. The predicted molar refractivity (Wildman–Crippen MR) is 143 cm³/mol. The Hall–Kier alpha value is -2.78. The van der Waals surface area contributed by atoms with Crippen molar-refractivity contribution < 1.29 is 27.9 Å². The lowest BCUT2D eigenvalue weighted by Crippen LogP contribution is -2.55. The number of carbonyl (C=O) groups excluding carboxylic acids is 2. The van der Waals surface area contributed by atoms with Crippen molar-refractivity contribution in [2.75, 3.05) is 31.6 Å². The van der Waals surface area contributed by atoms with E-state index in [1.54, 1.807) is 6.07 Å². The van der Waals surface area contributed by atoms with Gasteiger partial charge in [-0.1, -0.05) is 41.9 Å². The van der Waals surface area contributed by atoms with E-state index in [-0.39, 0.29) is 23.9 Å². The molecule has 2 aromatic rings. The van der Waals surface area contributed by atoms with Crippen LogP contribution < -0.4 is 10.2 Å². The lowest BCUT2D eigenvalue weighted by Gasteiger charge is -2.35. The molecular formula is C29H33ClF3N3O3. The number of nitrogens with zero attached hydrogens (tertiary/aromatic N) is 2. The predicted octanol–water partition coefficient (Wildman–Crippen LogP) is 5.14. The number of likely N-dealkylation sites (N-methyl/N-ethyl adjacent to an activating group) is 1. The van der Waals surface area contributed by atoms with E-state index in [0.717, 1.165) is 67.9 Å². The average molecular weight is 564 g/mol. The van der Waals surface area contributed by atoms with Gasteiger partial charge in [-0.25, -0.2) is 0 Å². The first-order valence-corrected chi connectivity index (χ1v) is 13.8. The number of halogens is 4. The number of hydrogen-bond donors (Lipinski definition) is 2. The Labute approximate surface area is 231 Å². The molecule has 0 radical (unpaired) electrons. The second-order valence-corrected chi connectivity index (χ2v) is 11.7. The molecule has 0 bridgehead atoms. The summed E-state index contributed by atoms with van der Waals surface area (Å²) < 4.78 is 41.6. The van der Waals surface area contributed by atoms with Gasteiger partial charge in [-0.15, -0.1) is 0 Å². The molecule has 2 aromatic carbocycles. The second-order valence-electron chi connectivity index (χ2n) is 11.3. The van der Waals surface area contributed by atoms with E-state index in [4.69, 9.17) is 11.6 Å². The first-order valence-electron chi connectivity index (χ1n) is 13.4. The minimum Gasteiger partial charge on any atom is -0.371 e. The van der Waals surface area contributed by atoms with Gasteiger partial charge in [0.15, 0.2) is 0 Å². The fourth-order valence-corrected chi connectivity index (χ4v) is 6.11. The second kappa shape index (κ2) is 10.3. The fraction of sp³-hybridized carbons (Fsp3) is 0.517.